The molecule has 0 saturated heterocycles. The lowest BCUT2D eigenvalue weighted by Crippen LogP contribution is -2.20. The van der Waals surface area contributed by atoms with Gasteiger partial charge in [-0.1, -0.05) is 100.0 Å². The van der Waals surface area contributed by atoms with Gasteiger partial charge in [-0.25, -0.2) is 0 Å². The zero-order valence-corrected chi connectivity index (χ0v) is 30.7. The molecule has 0 amide bonds. The van der Waals surface area contributed by atoms with E-state index >= 15 is 0 Å². The molecule has 0 unspecified atom stereocenters. The number of esters is 3. The predicted molar refractivity (Wildman–Crippen MR) is 198 cm³/mol. The summed E-state index contributed by atoms with van der Waals surface area (Å²) in [6, 6.07) is 0. The number of cyclic esters (lactones) is 2. The molecule has 1 rings (SSSR count). The normalized spacial score (nSPS) is 21.2. The van der Waals surface area contributed by atoms with E-state index in [1.807, 2.05) is 26.2 Å². The summed E-state index contributed by atoms with van der Waals surface area (Å²) in [6.45, 7) is 1.12. The van der Waals surface area contributed by atoms with Gasteiger partial charge in [0.1, 0.15) is 19.3 Å². The summed E-state index contributed by atoms with van der Waals surface area (Å²) in [5.74, 6) is -0.565. The van der Waals surface area contributed by atoms with E-state index in [-0.39, 0.29) is 37.2 Å². The summed E-state index contributed by atoms with van der Waals surface area (Å²) in [5, 5.41) is 0. The Balaban J connectivity index is 2.46. The van der Waals surface area contributed by atoms with Crippen LogP contribution >= 0.6 is 0 Å². The summed E-state index contributed by atoms with van der Waals surface area (Å²) < 4.78 is 16.3. The molecular formula is C41H69NO6. The first kappa shape index (κ1) is 43.4. The van der Waals surface area contributed by atoms with E-state index in [1.165, 1.54) is 64.2 Å². The van der Waals surface area contributed by atoms with Crippen LogP contribution in [0.2, 0.25) is 0 Å². The Kier molecular flexibility index (Phi) is 29.7. The molecule has 0 radical (unpaired) electrons. The fourth-order valence-electron chi connectivity index (χ4n) is 5.60. The van der Waals surface area contributed by atoms with Crippen LogP contribution in [0, 0.1) is 0 Å². The van der Waals surface area contributed by atoms with E-state index in [9.17, 15) is 14.4 Å². The van der Waals surface area contributed by atoms with Gasteiger partial charge >= 0.3 is 17.9 Å². The highest BCUT2D eigenvalue weighted by Gasteiger charge is 2.14. The van der Waals surface area contributed by atoms with Crippen molar-refractivity contribution >= 4 is 17.9 Å². The van der Waals surface area contributed by atoms with Gasteiger partial charge in [-0.05, 0) is 104 Å². The standard InChI is InChI=1S/C41H69NO6/c1-42(2)35-29-34-41(45)48-38-30-25-21-17-13-9-5-3-7-11-15-19-23-27-32-39(43)46-36-37-47-40(44)33-28-24-20-16-12-8-4-6-10-14-18-22-26-31-38/h7-8,11-12,19-20,23-24,38H,3-6,9-10,13-18,21-22,25-37H2,1-2H3. The first-order valence-corrected chi connectivity index (χ1v) is 19.2. The molecule has 1 aliphatic heterocycles. The zero-order valence-electron chi connectivity index (χ0n) is 30.7. The van der Waals surface area contributed by atoms with Crippen LogP contribution in [0.25, 0.3) is 0 Å². The van der Waals surface area contributed by atoms with Gasteiger partial charge in [-0.3, -0.25) is 14.4 Å². The number of ether oxygens (including phenoxy) is 3. The smallest absolute Gasteiger partial charge is 0.306 e. The molecule has 7 nitrogen and oxygen atoms in total. The third-order valence-corrected chi connectivity index (χ3v) is 8.43. The Morgan fingerprint density at radius 1 is 0.625 bits per heavy atom. The number of carbonyl (C=O) groups excluding carboxylic acids is 3. The van der Waals surface area contributed by atoms with Crippen molar-refractivity contribution in [3.8, 4) is 0 Å². The van der Waals surface area contributed by atoms with Crippen LogP contribution in [0.4, 0.5) is 0 Å². The van der Waals surface area contributed by atoms with Gasteiger partial charge in [-0.2, -0.15) is 0 Å². The predicted octanol–water partition coefficient (Wildman–Crippen LogP) is 10.1. The highest BCUT2D eigenvalue weighted by molar-refractivity contribution is 5.70. The quantitative estimate of drug-likeness (QED) is 0.163. The molecule has 0 fully saturated rings. The fourth-order valence-corrected chi connectivity index (χ4v) is 5.60. The summed E-state index contributed by atoms with van der Waals surface area (Å²) in [7, 11) is 4.08. The third kappa shape index (κ3) is 30.7. The van der Waals surface area contributed by atoms with E-state index in [1.54, 1.807) is 0 Å². The number of hydrogen-bond acceptors (Lipinski definition) is 7. The van der Waals surface area contributed by atoms with E-state index in [2.05, 4.69) is 41.4 Å². The van der Waals surface area contributed by atoms with Gasteiger partial charge in [0, 0.05) is 19.3 Å². The Hall–Kier alpha value is -2.67. The summed E-state index contributed by atoms with van der Waals surface area (Å²) in [4.78, 5) is 38.4. The van der Waals surface area contributed by atoms with Crippen molar-refractivity contribution in [3.63, 3.8) is 0 Å². The Bertz CT molecular complexity index is 862. The van der Waals surface area contributed by atoms with Crippen LogP contribution < -0.4 is 0 Å². The van der Waals surface area contributed by atoms with Crippen molar-refractivity contribution in [1.82, 2.24) is 4.90 Å². The molecule has 0 saturated carbocycles. The molecule has 0 aromatic carbocycles. The lowest BCUT2D eigenvalue weighted by molar-refractivity contribution is -0.152. The number of rotatable bonds is 5. The molecule has 0 aromatic heterocycles. The van der Waals surface area contributed by atoms with Crippen molar-refractivity contribution in [1.29, 1.82) is 0 Å². The molecule has 0 spiro atoms. The summed E-state index contributed by atoms with van der Waals surface area (Å²) in [5.41, 5.74) is 0. The van der Waals surface area contributed by atoms with Crippen molar-refractivity contribution in [3.05, 3.63) is 48.6 Å². The molecule has 0 bridgehead atoms. The minimum absolute atomic E-state index is 0.0289. The Morgan fingerprint density at radius 3 is 1.50 bits per heavy atom. The minimum Gasteiger partial charge on any atom is -0.462 e. The molecule has 1 aliphatic rings. The van der Waals surface area contributed by atoms with Gasteiger partial charge in [0.05, 0.1) is 0 Å². The fraction of sp³-hybridized carbons (Fsp3) is 0.732. The first-order chi connectivity index (χ1) is 23.5. The summed E-state index contributed by atoms with van der Waals surface area (Å²) >= 11 is 0. The van der Waals surface area contributed by atoms with Crippen LogP contribution in [0.1, 0.15) is 154 Å². The maximum atomic E-state index is 12.5. The highest BCUT2D eigenvalue weighted by atomic mass is 16.6. The Labute approximate surface area is 293 Å². The number of allylic oxidation sites excluding steroid dienone is 8. The van der Waals surface area contributed by atoms with Gasteiger partial charge in [0.2, 0.25) is 0 Å². The monoisotopic (exact) mass is 672 g/mol. The number of hydrogen-bond donors (Lipinski definition) is 0. The van der Waals surface area contributed by atoms with Gasteiger partial charge in [0.15, 0.2) is 0 Å². The molecule has 0 aliphatic carbocycles. The highest BCUT2D eigenvalue weighted by Crippen LogP contribution is 2.18. The number of carbonyl (C=O) groups is 3. The van der Waals surface area contributed by atoms with Crippen LogP contribution in [-0.2, 0) is 28.6 Å². The second kappa shape index (κ2) is 32.9. The second-order valence-electron chi connectivity index (χ2n) is 13.3. The van der Waals surface area contributed by atoms with Crippen LogP contribution in [0.5, 0.6) is 0 Å². The Morgan fingerprint density at radius 2 is 1.04 bits per heavy atom. The molecule has 274 valence electrons. The average Bonchev–Trinajstić information content (AvgIpc) is 3.05. The zero-order chi connectivity index (χ0) is 34.8. The topological polar surface area (TPSA) is 82.1 Å². The van der Waals surface area contributed by atoms with E-state index in [0.717, 1.165) is 64.3 Å². The second-order valence-corrected chi connectivity index (χ2v) is 13.3. The van der Waals surface area contributed by atoms with E-state index in [0.29, 0.717) is 32.1 Å². The van der Waals surface area contributed by atoms with Crippen molar-refractivity contribution in [2.45, 2.75) is 160 Å². The van der Waals surface area contributed by atoms with Gasteiger partial charge in [-0.15, -0.1) is 0 Å². The minimum atomic E-state index is -0.268. The average molecular weight is 672 g/mol. The number of nitrogens with zero attached hydrogens (tertiary/aromatic N) is 1. The molecule has 48 heavy (non-hydrogen) atoms. The lowest BCUT2D eigenvalue weighted by Gasteiger charge is -2.18. The molecule has 0 N–H and O–H groups in total. The van der Waals surface area contributed by atoms with Gasteiger partial charge in [0.25, 0.3) is 0 Å². The lowest BCUT2D eigenvalue weighted by atomic mass is 10.0. The largest absolute Gasteiger partial charge is 0.462 e. The van der Waals surface area contributed by atoms with E-state index < -0.39 is 0 Å². The van der Waals surface area contributed by atoms with Crippen molar-refractivity contribution in [2.24, 2.45) is 0 Å². The van der Waals surface area contributed by atoms with Crippen molar-refractivity contribution < 1.29 is 28.6 Å². The molecule has 0 aromatic rings. The van der Waals surface area contributed by atoms with Crippen LogP contribution in [0.15, 0.2) is 48.6 Å². The van der Waals surface area contributed by atoms with E-state index in [4.69, 9.17) is 14.2 Å². The van der Waals surface area contributed by atoms with Crippen molar-refractivity contribution in [2.75, 3.05) is 33.9 Å². The van der Waals surface area contributed by atoms with Crippen LogP contribution in [0.3, 0.4) is 0 Å². The maximum absolute atomic E-state index is 12.5. The summed E-state index contributed by atoms with van der Waals surface area (Å²) in [6.07, 6.45) is 41.0. The molecular weight excluding hydrogens is 602 g/mol. The maximum Gasteiger partial charge on any atom is 0.306 e. The van der Waals surface area contributed by atoms with Gasteiger partial charge < -0.3 is 19.1 Å². The third-order valence-electron chi connectivity index (χ3n) is 8.43. The SMILES string of the molecule is CN(C)CCCC(=O)OC1CCCCCCCCC=CCC=CCCC(=O)OCCOC(=O)CCC=CCC=CCCCCCCCC1. The first-order valence-electron chi connectivity index (χ1n) is 19.2. The van der Waals surface area contributed by atoms with Crippen LogP contribution in [-0.4, -0.2) is 62.8 Å². The molecule has 7 heteroatoms. The molecule has 0 atom stereocenters. The molecule has 1 heterocycles.